The van der Waals surface area contributed by atoms with E-state index in [0.717, 1.165) is 19.1 Å². The first-order valence-electron chi connectivity index (χ1n) is 5.52. The topological polar surface area (TPSA) is 26.3 Å². The van der Waals surface area contributed by atoms with Crippen LogP contribution in [0.5, 0.6) is 0 Å². The van der Waals surface area contributed by atoms with Crippen molar-refractivity contribution < 1.29 is 9.53 Å². The van der Waals surface area contributed by atoms with E-state index in [1.54, 1.807) is 0 Å². The van der Waals surface area contributed by atoms with E-state index >= 15 is 0 Å². The van der Waals surface area contributed by atoms with Gasteiger partial charge in [0.1, 0.15) is 5.60 Å². The zero-order valence-corrected chi connectivity index (χ0v) is 8.50. The van der Waals surface area contributed by atoms with Crippen molar-refractivity contribution in [1.29, 1.82) is 0 Å². The zero-order chi connectivity index (χ0) is 10.3. The monoisotopic (exact) mass is 202 g/mol. The molecule has 3 rings (SSSR count). The zero-order valence-electron chi connectivity index (χ0n) is 8.50. The van der Waals surface area contributed by atoms with Gasteiger partial charge in [-0.1, -0.05) is 30.4 Å². The Labute approximate surface area is 89.3 Å². The molecule has 1 heterocycles. The van der Waals surface area contributed by atoms with Crippen LogP contribution in [-0.2, 0) is 9.53 Å². The maximum atomic E-state index is 11.3. The molecular formula is C13H14O2. The van der Waals surface area contributed by atoms with Crippen LogP contribution in [0, 0.1) is 11.8 Å². The highest BCUT2D eigenvalue weighted by atomic mass is 16.5. The Kier molecular flexibility index (Phi) is 1.93. The van der Waals surface area contributed by atoms with E-state index in [4.69, 9.17) is 4.74 Å². The molecule has 1 aliphatic heterocycles. The fraction of sp³-hybridized carbons (Fsp3) is 0.462. The highest BCUT2D eigenvalue weighted by Crippen LogP contribution is 2.47. The molecule has 0 spiro atoms. The number of allylic oxidation sites excluding steroid dienone is 3. The Morgan fingerprint density at radius 3 is 3.07 bits per heavy atom. The Morgan fingerprint density at radius 1 is 1.33 bits per heavy atom. The molecule has 78 valence electrons. The third kappa shape index (κ3) is 1.18. The third-order valence-electron chi connectivity index (χ3n) is 3.72. The molecule has 0 bridgehead atoms. The van der Waals surface area contributed by atoms with Crippen LogP contribution in [0.2, 0.25) is 0 Å². The quantitative estimate of drug-likeness (QED) is 0.480. The molecule has 0 aromatic carbocycles. The van der Waals surface area contributed by atoms with Crippen LogP contribution in [0.1, 0.15) is 12.8 Å². The van der Waals surface area contributed by atoms with E-state index in [9.17, 15) is 4.79 Å². The molecule has 1 saturated heterocycles. The number of fused-ring (bicyclic) bond motifs is 3. The van der Waals surface area contributed by atoms with Crippen molar-refractivity contribution in [3.8, 4) is 0 Å². The Hall–Kier alpha value is -1.15. The van der Waals surface area contributed by atoms with Crippen molar-refractivity contribution in [3.05, 3.63) is 36.5 Å². The molecule has 0 aromatic rings. The predicted molar refractivity (Wildman–Crippen MR) is 57.3 cm³/mol. The number of aldehydes is 1. The second kappa shape index (κ2) is 3.17. The highest BCUT2D eigenvalue weighted by molar-refractivity contribution is 5.68. The second-order valence-corrected chi connectivity index (χ2v) is 4.49. The van der Waals surface area contributed by atoms with Crippen LogP contribution in [0.3, 0.4) is 0 Å². The van der Waals surface area contributed by atoms with Gasteiger partial charge in [-0.25, -0.2) is 0 Å². The van der Waals surface area contributed by atoms with Gasteiger partial charge in [0.05, 0.1) is 6.10 Å². The molecule has 0 amide bonds. The van der Waals surface area contributed by atoms with Crippen molar-refractivity contribution in [3.63, 3.8) is 0 Å². The van der Waals surface area contributed by atoms with Crippen molar-refractivity contribution in [2.24, 2.45) is 11.8 Å². The minimum Gasteiger partial charge on any atom is -0.355 e. The lowest BCUT2D eigenvalue weighted by Crippen LogP contribution is -2.38. The molecule has 3 aliphatic rings. The molecule has 15 heavy (non-hydrogen) atoms. The van der Waals surface area contributed by atoms with E-state index in [1.165, 1.54) is 0 Å². The first-order chi connectivity index (χ1) is 7.36. The van der Waals surface area contributed by atoms with Crippen LogP contribution in [0.15, 0.2) is 36.5 Å². The molecule has 0 radical (unpaired) electrons. The van der Waals surface area contributed by atoms with Gasteiger partial charge in [-0.3, -0.25) is 4.79 Å². The molecule has 2 heteroatoms. The Morgan fingerprint density at radius 2 is 2.20 bits per heavy atom. The van der Waals surface area contributed by atoms with Crippen LogP contribution in [0.25, 0.3) is 0 Å². The van der Waals surface area contributed by atoms with Crippen molar-refractivity contribution in [2.75, 3.05) is 0 Å². The summed E-state index contributed by atoms with van der Waals surface area (Å²) in [6.45, 7) is 0. The maximum absolute atomic E-state index is 11.3. The fourth-order valence-electron chi connectivity index (χ4n) is 2.99. The predicted octanol–water partition coefficient (Wildman–Crippen LogP) is 2.03. The van der Waals surface area contributed by atoms with Crippen molar-refractivity contribution in [2.45, 2.75) is 24.5 Å². The summed E-state index contributed by atoms with van der Waals surface area (Å²) in [4.78, 5) is 11.3. The summed E-state index contributed by atoms with van der Waals surface area (Å²) in [5.74, 6) is 0.705. The molecular weight excluding hydrogens is 188 g/mol. The van der Waals surface area contributed by atoms with E-state index in [-0.39, 0.29) is 6.10 Å². The van der Waals surface area contributed by atoms with E-state index in [2.05, 4.69) is 24.3 Å². The van der Waals surface area contributed by atoms with Crippen LogP contribution >= 0.6 is 0 Å². The summed E-state index contributed by atoms with van der Waals surface area (Å²) in [6.07, 6.45) is 15.5. The second-order valence-electron chi connectivity index (χ2n) is 4.49. The van der Waals surface area contributed by atoms with Gasteiger partial charge in [0, 0.05) is 11.8 Å². The van der Waals surface area contributed by atoms with Gasteiger partial charge in [-0.05, 0) is 18.9 Å². The minimum atomic E-state index is -0.646. The smallest absolute Gasteiger partial charge is 0.156 e. The molecule has 4 unspecified atom stereocenters. The van der Waals surface area contributed by atoms with Crippen molar-refractivity contribution in [1.82, 2.24) is 0 Å². The van der Waals surface area contributed by atoms with Crippen LogP contribution in [-0.4, -0.2) is 18.0 Å². The highest BCUT2D eigenvalue weighted by Gasteiger charge is 2.52. The van der Waals surface area contributed by atoms with Crippen molar-refractivity contribution >= 4 is 6.29 Å². The standard InChI is InChI=1S/C13H14O2/c14-9-13-8-4-3-6-11(13)10-5-1-2-7-12(10)15-13/h1-2,4-5,7-12H,3,6H2. The van der Waals surface area contributed by atoms with E-state index in [1.807, 2.05) is 12.2 Å². The minimum absolute atomic E-state index is 0.0907. The molecule has 2 nitrogen and oxygen atoms in total. The van der Waals surface area contributed by atoms with Gasteiger partial charge in [-0.15, -0.1) is 0 Å². The summed E-state index contributed by atoms with van der Waals surface area (Å²) in [7, 11) is 0. The molecule has 2 aliphatic carbocycles. The number of hydrogen-bond acceptors (Lipinski definition) is 2. The number of hydrogen-bond donors (Lipinski definition) is 0. The Bertz CT molecular complexity index is 367. The molecule has 0 N–H and O–H groups in total. The average molecular weight is 202 g/mol. The van der Waals surface area contributed by atoms with E-state index < -0.39 is 5.60 Å². The molecule has 4 atom stereocenters. The summed E-state index contributed by atoms with van der Waals surface area (Å²) in [5.41, 5.74) is -0.646. The number of carbonyl (C=O) groups is 1. The third-order valence-corrected chi connectivity index (χ3v) is 3.72. The summed E-state index contributed by atoms with van der Waals surface area (Å²) in [6, 6.07) is 0. The number of carbonyl (C=O) groups excluding carboxylic acids is 1. The van der Waals surface area contributed by atoms with Crippen LogP contribution < -0.4 is 0 Å². The first-order valence-corrected chi connectivity index (χ1v) is 5.52. The lowest BCUT2D eigenvalue weighted by Gasteiger charge is -2.30. The summed E-state index contributed by atoms with van der Waals surface area (Å²) < 4.78 is 5.91. The van der Waals surface area contributed by atoms with E-state index in [0.29, 0.717) is 11.8 Å². The SMILES string of the molecule is O=CC12C=CCCC1C1C=CC=CC1O2. The van der Waals surface area contributed by atoms with Gasteiger partial charge in [-0.2, -0.15) is 0 Å². The van der Waals surface area contributed by atoms with Gasteiger partial charge < -0.3 is 4.74 Å². The molecule has 1 fully saturated rings. The van der Waals surface area contributed by atoms with Crippen LogP contribution in [0.4, 0.5) is 0 Å². The number of ether oxygens (including phenoxy) is 1. The molecule has 0 saturated carbocycles. The summed E-state index contributed by atoms with van der Waals surface area (Å²) >= 11 is 0. The first kappa shape index (κ1) is 9.10. The van der Waals surface area contributed by atoms with Gasteiger partial charge in [0.2, 0.25) is 0 Å². The maximum Gasteiger partial charge on any atom is 0.156 e. The normalized spacial score (nSPS) is 46.3. The lowest BCUT2D eigenvalue weighted by molar-refractivity contribution is -0.126. The Balaban J connectivity index is 2.02. The van der Waals surface area contributed by atoms with Gasteiger partial charge >= 0.3 is 0 Å². The average Bonchev–Trinajstić information content (AvgIpc) is 2.64. The summed E-state index contributed by atoms with van der Waals surface area (Å²) in [5, 5.41) is 0. The fourth-order valence-corrected chi connectivity index (χ4v) is 2.99. The largest absolute Gasteiger partial charge is 0.355 e. The van der Waals surface area contributed by atoms with Gasteiger partial charge in [0.15, 0.2) is 6.29 Å². The van der Waals surface area contributed by atoms with Gasteiger partial charge in [0.25, 0.3) is 0 Å². The number of rotatable bonds is 1. The lowest BCUT2D eigenvalue weighted by atomic mass is 9.73. The molecule has 0 aromatic heterocycles.